The first-order chi connectivity index (χ1) is 13.5. The zero-order valence-electron chi connectivity index (χ0n) is 15.2. The van der Waals surface area contributed by atoms with Crippen molar-refractivity contribution in [2.45, 2.75) is 17.7 Å². The number of rotatable bonds is 7. The van der Waals surface area contributed by atoms with Gasteiger partial charge in [0.15, 0.2) is 11.6 Å². The van der Waals surface area contributed by atoms with Crippen molar-refractivity contribution in [2.24, 2.45) is 5.92 Å². The molecule has 9 heteroatoms. The van der Waals surface area contributed by atoms with Crippen LogP contribution in [0.1, 0.15) is 12.8 Å². The second-order valence-corrected chi connectivity index (χ2v) is 8.25. The van der Waals surface area contributed by atoms with Gasteiger partial charge in [-0.2, -0.15) is 4.31 Å². The lowest BCUT2D eigenvalue weighted by Crippen LogP contribution is -2.40. The summed E-state index contributed by atoms with van der Waals surface area (Å²) in [5, 5.41) is 0. The Balaban J connectivity index is 1.43. The molecule has 1 saturated heterocycles. The van der Waals surface area contributed by atoms with Crippen molar-refractivity contribution in [3.8, 4) is 5.75 Å². The number of sulfonamides is 1. The van der Waals surface area contributed by atoms with E-state index in [-0.39, 0.29) is 42.9 Å². The predicted octanol–water partition coefficient (Wildman–Crippen LogP) is 2.24. The molecule has 150 valence electrons. The Labute approximate surface area is 163 Å². The molecule has 1 aromatic heterocycles. The summed E-state index contributed by atoms with van der Waals surface area (Å²) in [5.74, 6) is -1.13. The number of ether oxygens (including phenoxy) is 2. The van der Waals surface area contributed by atoms with Gasteiger partial charge in [0.2, 0.25) is 10.0 Å². The van der Waals surface area contributed by atoms with Crippen molar-refractivity contribution in [1.29, 1.82) is 0 Å². The van der Waals surface area contributed by atoms with Gasteiger partial charge in [0.1, 0.15) is 18.1 Å². The van der Waals surface area contributed by atoms with E-state index in [1.54, 1.807) is 18.2 Å². The molecule has 3 rings (SSSR count). The molecule has 28 heavy (non-hydrogen) atoms. The monoisotopic (exact) mass is 408 g/mol. The van der Waals surface area contributed by atoms with E-state index >= 15 is 0 Å². The van der Waals surface area contributed by atoms with Crippen LogP contribution >= 0.6 is 0 Å². The SMILES string of the molecule is O=C(OCCOc1ccccc1F)C1CCN(S(=O)(=O)c2cccnc2)CC1. The molecule has 2 aromatic rings. The molecule has 1 fully saturated rings. The zero-order chi connectivity index (χ0) is 20.0. The normalized spacial score (nSPS) is 15.9. The fourth-order valence-corrected chi connectivity index (χ4v) is 4.39. The van der Waals surface area contributed by atoms with E-state index in [1.807, 2.05) is 0 Å². The number of hydrogen-bond acceptors (Lipinski definition) is 6. The van der Waals surface area contributed by atoms with Gasteiger partial charge in [0.25, 0.3) is 0 Å². The van der Waals surface area contributed by atoms with Crippen molar-refractivity contribution < 1.29 is 27.1 Å². The summed E-state index contributed by atoms with van der Waals surface area (Å²) in [6.07, 6.45) is 3.58. The van der Waals surface area contributed by atoms with Gasteiger partial charge in [0.05, 0.1) is 5.92 Å². The number of piperidine rings is 1. The first-order valence-corrected chi connectivity index (χ1v) is 10.4. The van der Waals surface area contributed by atoms with Gasteiger partial charge in [-0.05, 0) is 37.1 Å². The molecule has 0 unspecified atom stereocenters. The number of carbonyl (C=O) groups excluding carboxylic acids is 1. The Hall–Kier alpha value is -2.52. The lowest BCUT2D eigenvalue weighted by Gasteiger charge is -2.30. The van der Waals surface area contributed by atoms with Gasteiger partial charge in [0, 0.05) is 25.5 Å². The number of esters is 1. The molecule has 0 saturated carbocycles. The smallest absolute Gasteiger partial charge is 0.309 e. The molecular formula is C19H21FN2O5S. The van der Waals surface area contributed by atoms with Gasteiger partial charge in [-0.3, -0.25) is 9.78 Å². The maximum atomic E-state index is 13.4. The van der Waals surface area contributed by atoms with Crippen molar-refractivity contribution in [2.75, 3.05) is 26.3 Å². The first-order valence-electron chi connectivity index (χ1n) is 8.92. The largest absolute Gasteiger partial charge is 0.487 e. The van der Waals surface area contributed by atoms with Crippen LogP contribution in [0.25, 0.3) is 0 Å². The second-order valence-electron chi connectivity index (χ2n) is 6.31. The summed E-state index contributed by atoms with van der Waals surface area (Å²) in [6.45, 7) is 0.522. The van der Waals surface area contributed by atoms with Gasteiger partial charge in [-0.15, -0.1) is 0 Å². The van der Waals surface area contributed by atoms with E-state index in [0.29, 0.717) is 12.8 Å². The minimum atomic E-state index is -3.60. The lowest BCUT2D eigenvalue weighted by molar-refractivity contribution is -0.150. The van der Waals surface area contributed by atoms with E-state index in [9.17, 15) is 17.6 Å². The number of benzene rings is 1. The third-order valence-electron chi connectivity index (χ3n) is 4.48. The quantitative estimate of drug-likeness (QED) is 0.516. The van der Waals surface area contributed by atoms with Crippen molar-refractivity contribution >= 4 is 16.0 Å². The standard InChI is InChI=1S/C19H21FN2O5S/c20-17-5-1-2-6-18(17)26-12-13-27-19(23)15-7-10-22(11-8-15)28(24,25)16-4-3-9-21-14-16/h1-6,9,14-15H,7-8,10-13H2. The second kappa shape index (κ2) is 9.11. The number of nitrogens with zero attached hydrogens (tertiary/aromatic N) is 2. The molecule has 0 atom stereocenters. The number of hydrogen-bond donors (Lipinski definition) is 0. The molecule has 1 aromatic carbocycles. The molecule has 0 aliphatic carbocycles. The number of carbonyl (C=O) groups is 1. The molecule has 1 aliphatic rings. The first kappa shape index (κ1) is 20.2. The van der Waals surface area contributed by atoms with E-state index in [0.717, 1.165) is 0 Å². The molecular weight excluding hydrogens is 387 g/mol. The third-order valence-corrected chi connectivity index (χ3v) is 6.36. The van der Waals surface area contributed by atoms with E-state index in [4.69, 9.17) is 9.47 Å². The van der Waals surface area contributed by atoms with E-state index < -0.39 is 21.8 Å². The Bertz CT molecular complexity index is 900. The highest BCUT2D eigenvalue weighted by Gasteiger charge is 2.32. The van der Waals surface area contributed by atoms with Gasteiger partial charge in [-0.25, -0.2) is 12.8 Å². The maximum absolute atomic E-state index is 13.4. The van der Waals surface area contributed by atoms with Gasteiger partial charge >= 0.3 is 5.97 Å². The Morgan fingerprint density at radius 3 is 2.57 bits per heavy atom. The summed E-state index contributed by atoms with van der Waals surface area (Å²) in [4.78, 5) is 16.2. The summed E-state index contributed by atoms with van der Waals surface area (Å²) in [5.41, 5.74) is 0. The van der Waals surface area contributed by atoms with Crippen LogP contribution in [0.15, 0.2) is 53.7 Å². The van der Waals surface area contributed by atoms with Gasteiger partial charge < -0.3 is 9.47 Å². The predicted molar refractivity (Wildman–Crippen MR) is 98.6 cm³/mol. The van der Waals surface area contributed by atoms with Crippen LogP contribution in [0.5, 0.6) is 5.75 Å². The zero-order valence-corrected chi connectivity index (χ0v) is 16.0. The maximum Gasteiger partial charge on any atom is 0.309 e. The van der Waals surface area contributed by atoms with E-state index in [2.05, 4.69) is 4.98 Å². The van der Waals surface area contributed by atoms with Crippen molar-refractivity contribution in [3.63, 3.8) is 0 Å². The number of pyridine rings is 1. The average molecular weight is 408 g/mol. The van der Waals surface area contributed by atoms with Crippen molar-refractivity contribution in [3.05, 3.63) is 54.6 Å². The minimum absolute atomic E-state index is 0.00135. The highest BCUT2D eigenvalue weighted by atomic mass is 32.2. The van der Waals surface area contributed by atoms with Crippen LogP contribution in [0.4, 0.5) is 4.39 Å². The van der Waals surface area contributed by atoms with Crippen molar-refractivity contribution in [1.82, 2.24) is 9.29 Å². The highest BCUT2D eigenvalue weighted by Crippen LogP contribution is 2.24. The molecule has 0 amide bonds. The van der Waals surface area contributed by atoms with Gasteiger partial charge in [-0.1, -0.05) is 12.1 Å². The molecule has 7 nitrogen and oxygen atoms in total. The number of halogens is 1. The third kappa shape index (κ3) is 4.85. The molecule has 0 N–H and O–H groups in total. The van der Waals surface area contributed by atoms with Crippen LogP contribution < -0.4 is 4.74 Å². The van der Waals surface area contributed by atoms with Crippen LogP contribution in [-0.4, -0.2) is 50.0 Å². The Kier molecular flexibility index (Phi) is 6.58. The van der Waals surface area contributed by atoms with Crippen LogP contribution in [0, 0.1) is 11.7 Å². The average Bonchev–Trinajstić information content (AvgIpc) is 2.73. The summed E-state index contributed by atoms with van der Waals surface area (Å²) in [7, 11) is -3.60. The topological polar surface area (TPSA) is 85.8 Å². The van der Waals surface area contributed by atoms with Crippen LogP contribution in [-0.2, 0) is 19.6 Å². The van der Waals surface area contributed by atoms with Crippen LogP contribution in [0.2, 0.25) is 0 Å². The number of aromatic nitrogens is 1. The fourth-order valence-electron chi connectivity index (χ4n) is 2.95. The summed E-state index contributed by atoms with van der Waals surface area (Å²) < 4.78 is 50.3. The minimum Gasteiger partial charge on any atom is -0.487 e. The summed E-state index contributed by atoms with van der Waals surface area (Å²) in [6, 6.07) is 9.06. The van der Waals surface area contributed by atoms with Crippen LogP contribution in [0.3, 0.4) is 0 Å². The molecule has 2 heterocycles. The molecule has 0 radical (unpaired) electrons. The number of para-hydroxylation sites is 1. The Morgan fingerprint density at radius 2 is 1.89 bits per heavy atom. The molecule has 0 bridgehead atoms. The molecule has 0 spiro atoms. The fraction of sp³-hybridized carbons (Fsp3) is 0.368. The van der Waals surface area contributed by atoms with E-state index in [1.165, 1.54) is 34.9 Å². The highest BCUT2D eigenvalue weighted by molar-refractivity contribution is 7.89. The Morgan fingerprint density at radius 1 is 1.14 bits per heavy atom. The lowest BCUT2D eigenvalue weighted by atomic mass is 9.98. The molecule has 1 aliphatic heterocycles. The summed E-state index contributed by atoms with van der Waals surface area (Å²) >= 11 is 0.